The fourth-order valence-electron chi connectivity index (χ4n) is 3.48. The minimum atomic E-state index is -1.06. The summed E-state index contributed by atoms with van der Waals surface area (Å²) in [6.07, 6.45) is 4.08. The number of benzene rings is 1. The lowest BCUT2D eigenvalue weighted by molar-refractivity contribution is -0.165. The lowest BCUT2D eigenvalue weighted by Crippen LogP contribution is -2.38. The molecular formula is C21H17ClFN5O5. The fourth-order valence-corrected chi connectivity index (χ4v) is 3.64. The SMILES string of the molecule is C#C[C@H]1O[C@@H](n2cnc3c(Nc4ccc(Cl)cc4F)ncnc32)[C@H](OC(C)=O)[C@H]1OC(C)=O. The Morgan fingerprint density at radius 3 is 2.61 bits per heavy atom. The summed E-state index contributed by atoms with van der Waals surface area (Å²) in [6.45, 7) is 2.42. The summed E-state index contributed by atoms with van der Waals surface area (Å²) in [5.74, 6) is 0.793. The summed E-state index contributed by atoms with van der Waals surface area (Å²) >= 11 is 5.80. The molecule has 0 amide bonds. The lowest BCUT2D eigenvalue weighted by Gasteiger charge is -2.23. The number of hydrogen-bond acceptors (Lipinski definition) is 9. The molecule has 1 aliphatic heterocycles. The van der Waals surface area contributed by atoms with Gasteiger partial charge in [0.1, 0.15) is 12.1 Å². The molecule has 0 radical (unpaired) electrons. The highest BCUT2D eigenvalue weighted by molar-refractivity contribution is 6.30. The van der Waals surface area contributed by atoms with E-state index in [1.54, 1.807) is 0 Å². The predicted molar refractivity (Wildman–Crippen MR) is 114 cm³/mol. The standard InChI is InChI=1S/C21H17ClFN5O5/c1-4-15-17(31-10(2)29)18(32-11(3)30)21(33-15)28-9-26-16-19(24-8-25-20(16)28)27-14-6-5-12(22)7-13(14)23/h1,5-9,15,17-18,21H,2-3H3,(H,24,25,27)/t15-,17+,18-,21-/m1/s1. The van der Waals surface area contributed by atoms with Crippen LogP contribution >= 0.6 is 11.6 Å². The zero-order valence-corrected chi connectivity index (χ0v) is 18.1. The summed E-state index contributed by atoms with van der Waals surface area (Å²) in [5.41, 5.74) is 0.694. The molecule has 10 nitrogen and oxygen atoms in total. The quantitative estimate of drug-likeness (QED) is 0.440. The Morgan fingerprint density at radius 1 is 1.21 bits per heavy atom. The molecule has 170 valence electrons. The molecule has 0 bridgehead atoms. The molecule has 1 aromatic carbocycles. The van der Waals surface area contributed by atoms with Crippen LogP contribution in [0.4, 0.5) is 15.9 Å². The predicted octanol–water partition coefficient (Wildman–Crippen LogP) is 2.76. The molecule has 0 spiro atoms. The zero-order chi connectivity index (χ0) is 23.7. The summed E-state index contributed by atoms with van der Waals surface area (Å²) < 4.78 is 32.2. The first-order chi connectivity index (χ1) is 15.8. The van der Waals surface area contributed by atoms with E-state index < -0.39 is 42.3 Å². The van der Waals surface area contributed by atoms with E-state index in [0.29, 0.717) is 0 Å². The maximum atomic E-state index is 14.2. The first-order valence-electron chi connectivity index (χ1n) is 9.64. The molecule has 12 heteroatoms. The minimum absolute atomic E-state index is 0.131. The Kier molecular flexibility index (Phi) is 6.13. The van der Waals surface area contributed by atoms with Crippen molar-refractivity contribution in [1.29, 1.82) is 0 Å². The molecule has 2 aromatic heterocycles. The molecule has 0 saturated carbocycles. The molecule has 1 N–H and O–H groups in total. The van der Waals surface area contributed by atoms with E-state index in [0.717, 1.165) is 6.07 Å². The van der Waals surface area contributed by atoms with E-state index in [2.05, 4.69) is 26.2 Å². The highest BCUT2D eigenvalue weighted by atomic mass is 35.5. The number of rotatable bonds is 5. The van der Waals surface area contributed by atoms with Crippen LogP contribution in [0, 0.1) is 18.2 Å². The number of anilines is 2. The van der Waals surface area contributed by atoms with Crippen LogP contribution in [0.3, 0.4) is 0 Å². The van der Waals surface area contributed by atoms with E-state index in [1.807, 2.05) is 0 Å². The Hall–Kier alpha value is -3.75. The van der Waals surface area contributed by atoms with Crippen molar-refractivity contribution in [3.63, 3.8) is 0 Å². The van der Waals surface area contributed by atoms with Crippen molar-refractivity contribution < 1.29 is 28.2 Å². The minimum Gasteiger partial charge on any atom is -0.455 e. The molecule has 1 saturated heterocycles. The Bertz CT molecular complexity index is 1280. The third-order valence-electron chi connectivity index (χ3n) is 4.77. The van der Waals surface area contributed by atoms with Gasteiger partial charge in [-0.3, -0.25) is 14.2 Å². The maximum absolute atomic E-state index is 14.2. The molecule has 1 fully saturated rings. The Morgan fingerprint density at radius 2 is 1.94 bits per heavy atom. The van der Waals surface area contributed by atoms with Gasteiger partial charge in [-0.1, -0.05) is 17.5 Å². The van der Waals surface area contributed by atoms with Gasteiger partial charge in [0.2, 0.25) is 0 Å². The van der Waals surface area contributed by atoms with Crippen molar-refractivity contribution in [1.82, 2.24) is 19.5 Å². The summed E-state index contributed by atoms with van der Waals surface area (Å²) in [5, 5.41) is 3.10. The van der Waals surface area contributed by atoms with Gasteiger partial charge in [0.05, 0.1) is 12.0 Å². The van der Waals surface area contributed by atoms with Gasteiger partial charge in [-0.2, -0.15) is 0 Å². The molecule has 33 heavy (non-hydrogen) atoms. The summed E-state index contributed by atoms with van der Waals surface area (Å²) in [6, 6.07) is 4.14. The third kappa shape index (κ3) is 4.44. The molecular weight excluding hydrogens is 457 g/mol. The number of esters is 2. The van der Waals surface area contributed by atoms with E-state index in [-0.39, 0.29) is 27.7 Å². The smallest absolute Gasteiger partial charge is 0.303 e. The van der Waals surface area contributed by atoms with Crippen molar-refractivity contribution in [2.75, 3.05) is 5.32 Å². The van der Waals surface area contributed by atoms with Crippen molar-refractivity contribution in [2.45, 2.75) is 38.4 Å². The number of ether oxygens (including phenoxy) is 3. The van der Waals surface area contributed by atoms with Gasteiger partial charge in [-0.05, 0) is 18.2 Å². The van der Waals surface area contributed by atoms with Crippen molar-refractivity contribution in [2.24, 2.45) is 0 Å². The van der Waals surface area contributed by atoms with Crippen LogP contribution < -0.4 is 5.32 Å². The van der Waals surface area contributed by atoms with Gasteiger partial charge in [-0.25, -0.2) is 19.3 Å². The zero-order valence-electron chi connectivity index (χ0n) is 17.4. The number of terminal acetylenes is 1. The van der Waals surface area contributed by atoms with Crippen molar-refractivity contribution in [3.05, 3.63) is 41.7 Å². The van der Waals surface area contributed by atoms with E-state index in [9.17, 15) is 14.0 Å². The molecule has 0 unspecified atom stereocenters. The van der Waals surface area contributed by atoms with Crippen LogP contribution in [0.1, 0.15) is 20.1 Å². The fraction of sp³-hybridized carbons (Fsp3) is 0.286. The highest BCUT2D eigenvalue weighted by Crippen LogP contribution is 2.36. The Balaban J connectivity index is 1.73. The third-order valence-corrected chi connectivity index (χ3v) is 5.01. The second kappa shape index (κ2) is 9.01. The normalized spacial score (nSPS) is 22.0. The van der Waals surface area contributed by atoms with Crippen molar-refractivity contribution >= 4 is 46.2 Å². The second-order valence-electron chi connectivity index (χ2n) is 7.06. The topological polar surface area (TPSA) is 117 Å². The van der Waals surface area contributed by atoms with Crippen LogP contribution in [0.15, 0.2) is 30.9 Å². The monoisotopic (exact) mass is 473 g/mol. The van der Waals surface area contributed by atoms with Crippen molar-refractivity contribution in [3.8, 4) is 12.3 Å². The summed E-state index contributed by atoms with van der Waals surface area (Å²) in [4.78, 5) is 36.0. The number of carbonyl (C=O) groups excluding carboxylic acids is 2. The van der Waals surface area contributed by atoms with Gasteiger partial charge in [-0.15, -0.1) is 6.42 Å². The average Bonchev–Trinajstić information content (AvgIpc) is 3.31. The van der Waals surface area contributed by atoms with Gasteiger partial charge in [0.15, 0.2) is 41.5 Å². The number of hydrogen-bond donors (Lipinski definition) is 1. The number of halogens is 2. The van der Waals surface area contributed by atoms with Crippen LogP contribution in [-0.4, -0.2) is 49.8 Å². The number of nitrogens with one attached hydrogen (secondary N) is 1. The van der Waals surface area contributed by atoms with Crippen LogP contribution in [0.25, 0.3) is 11.2 Å². The van der Waals surface area contributed by atoms with Crippen LogP contribution in [0.2, 0.25) is 5.02 Å². The van der Waals surface area contributed by atoms with Gasteiger partial charge >= 0.3 is 11.9 Å². The Labute approximate surface area is 192 Å². The average molecular weight is 474 g/mol. The molecule has 1 aliphatic rings. The highest BCUT2D eigenvalue weighted by Gasteiger charge is 2.50. The first kappa shape index (κ1) is 22.4. The molecule has 0 aliphatic carbocycles. The largest absolute Gasteiger partial charge is 0.455 e. The number of aromatic nitrogens is 4. The number of imidazole rings is 1. The van der Waals surface area contributed by atoms with Gasteiger partial charge in [0.25, 0.3) is 0 Å². The molecule has 4 rings (SSSR count). The second-order valence-corrected chi connectivity index (χ2v) is 7.49. The van der Waals surface area contributed by atoms with E-state index >= 15 is 0 Å². The summed E-state index contributed by atoms with van der Waals surface area (Å²) in [7, 11) is 0. The van der Waals surface area contributed by atoms with Gasteiger partial charge in [0, 0.05) is 18.9 Å². The number of carbonyl (C=O) groups is 2. The lowest BCUT2D eigenvalue weighted by atomic mass is 10.1. The van der Waals surface area contributed by atoms with Gasteiger partial charge < -0.3 is 19.5 Å². The number of nitrogens with zero attached hydrogens (tertiary/aromatic N) is 4. The number of fused-ring (bicyclic) bond motifs is 1. The molecule has 4 atom stereocenters. The van der Waals surface area contributed by atoms with E-state index in [1.165, 1.54) is 43.2 Å². The molecule has 3 aromatic rings. The first-order valence-corrected chi connectivity index (χ1v) is 10.0. The van der Waals surface area contributed by atoms with Crippen LogP contribution in [0.5, 0.6) is 0 Å². The maximum Gasteiger partial charge on any atom is 0.303 e. The van der Waals surface area contributed by atoms with E-state index in [4.69, 9.17) is 32.2 Å². The molecule has 3 heterocycles. The van der Waals surface area contributed by atoms with Crippen LogP contribution in [-0.2, 0) is 23.8 Å².